The van der Waals surface area contributed by atoms with Crippen LogP contribution in [0, 0.1) is 29.1 Å². The summed E-state index contributed by atoms with van der Waals surface area (Å²) >= 11 is 1.18. The van der Waals surface area contributed by atoms with Crippen LogP contribution in [0.2, 0.25) is 0 Å². The average Bonchev–Trinajstić information content (AvgIpc) is 3.17. The highest BCUT2D eigenvalue weighted by Gasteiger charge is 2.28. The molecule has 0 aliphatic heterocycles. The van der Waals surface area contributed by atoms with Crippen LogP contribution in [0.4, 0.5) is 5.69 Å². The Hall–Kier alpha value is -2.58. The van der Waals surface area contributed by atoms with E-state index in [0.717, 1.165) is 31.2 Å². The fraction of sp³-hybridized carbons (Fsp3) is 0.481. The SMILES string of the molecule is CC1CCC(C(=O)CN(Cc2ccccc2)c2cc(C#CC(C)(C)C)sc2C(=O)O)CC1. The highest BCUT2D eigenvalue weighted by atomic mass is 32.1. The van der Waals surface area contributed by atoms with Crippen molar-refractivity contribution >= 4 is 28.8 Å². The van der Waals surface area contributed by atoms with Gasteiger partial charge in [0.1, 0.15) is 4.88 Å². The van der Waals surface area contributed by atoms with Crippen LogP contribution in [0.15, 0.2) is 36.4 Å². The van der Waals surface area contributed by atoms with E-state index in [1.54, 1.807) is 0 Å². The van der Waals surface area contributed by atoms with Gasteiger partial charge < -0.3 is 10.0 Å². The lowest BCUT2D eigenvalue weighted by Gasteiger charge is -2.29. The molecule has 1 heterocycles. The van der Waals surface area contributed by atoms with Gasteiger partial charge >= 0.3 is 5.97 Å². The molecule has 170 valence electrons. The highest BCUT2D eigenvalue weighted by Crippen LogP contribution is 2.33. The number of Topliss-reactive ketones (excluding diaryl/α,β-unsaturated/α-hetero) is 1. The van der Waals surface area contributed by atoms with Crippen molar-refractivity contribution in [1.29, 1.82) is 0 Å². The van der Waals surface area contributed by atoms with Gasteiger partial charge in [0.15, 0.2) is 5.78 Å². The number of carboxylic acid groups (broad SMARTS) is 1. The number of aromatic carboxylic acids is 1. The number of carboxylic acids is 1. The Morgan fingerprint density at radius 2 is 1.78 bits per heavy atom. The monoisotopic (exact) mass is 451 g/mol. The second kappa shape index (κ2) is 10.4. The van der Waals surface area contributed by atoms with Crippen LogP contribution in [-0.4, -0.2) is 23.4 Å². The third kappa shape index (κ3) is 6.71. The van der Waals surface area contributed by atoms with Crippen molar-refractivity contribution < 1.29 is 14.7 Å². The van der Waals surface area contributed by atoms with Crippen molar-refractivity contribution in [2.45, 2.75) is 59.9 Å². The van der Waals surface area contributed by atoms with Crippen molar-refractivity contribution in [3.05, 3.63) is 51.7 Å². The van der Waals surface area contributed by atoms with Crippen LogP contribution >= 0.6 is 11.3 Å². The largest absolute Gasteiger partial charge is 0.477 e. The van der Waals surface area contributed by atoms with Crippen molar-refractivity contribution in [2.24, 2.45) is 17.3 Å². The van der Waals surface area contributed by atoms with Crippen molar-refractivity contribution in [3.8, 4) is 11.8 Å². The number of thiophene rings is 1. The first kappa shape index (κ1) is 24.1. The predicted molar refractivity (Wildman–Crippen MR) is 131 cm³/mol. The summed E-state index contributed by atoms with van der Waals surface area (Å²) in [6.07, 6.45) is 4.02. The Balaban J connectivity index is 1.93. The number of hydrogen-bond acceptors (Lipinski definition) is 4. The van der Waals surface area contributed by atoms with Crippen LogP contribution in [0.3, 0.4) is 0 Å². The van der Waals surface area contributed by atoms with Gasteiger partial charge in [0.25, 0.3) is 0 Å². The maximum Gasteiger partial charge on any atom is 0.348 e. The van der Waals surface area contributed by atoms with Gasteiger partial charge in [0.2, 0.25) is 0 Å². The minimum atomic E-state index is -0.981. The first-order chi connectivity index (χ1) is 15.1. The zero-order valence-corrected chi connectivity index (χ0v) is 20.3. The van der Waals surface area contributed by atoms with Gasteiger partial charge in [-0.05, 0) is 51.2 Å². The molecule has 1 aromatic carbocycles. The van der Waals surface area contributed by atoms with E-state index in [1.165, 1.54) is 11.3 Å². The van der Waals surface area contributed by atoms with Gasteiger partial charge in [-0.3, -0.25) is 4.79 Å². The Morgan fingerprint density at radius 3 is 2.38 bits per heavy atom. The van der Waals surface area contributed by atoms with E-state index in [-0.39, 0.29) is 28.5 Å². The average molecular weight is 452 g/mol. The van der Waals surface area contributed by atoms with Crippen LogP contribution in [0.1, 0.15) is 73.5 Å². The Kier molecular flexibility index (Phi) is 7.79. The van der Waals surface area contributed by atoms with Crippen LogP contribution in [0.25, 0.3) is 0 Å². The molecule has 1 N–H and O–H groups in total. The summed E-state index contributed by atoms with van der Waals surface area (Å²) in [5.41, 5.74) is 1.45. The summed E-state index contributed by atoms with van der Waals surface area (Å²) in [6.45, 7) is 9.02. The summed E-state index contributed by atoms with van der Waals surface area (Å²) in [4.78, 5) is 28.2. The topological polar surface area (TPSA) is 57.6 Å². The van der Waals surface area contributed by atoms with Gasteiger partial charge in [0, 0.05) is 17.9 Å². The number of carbonyl (C=O) groups is 2. The van der Waals surface area contributed by atoms with E-state index in [1.807, 2.05) is 62.1 Å². The second-order valence-corrected chi connectivity index (χ2v) is 10.9. The quantitative estimate of drug-likeness (QED) is 0.506. The number of carbonyl (C=O) groups excluding carboxylic acids is 1. The maximum atomic E-state index is 13.2. The third-order valence-electron chi connectivity index (χ3n) is 5.84. The first-order valence-corrected chi connectivity index (χ1v) is 12.2. The predicted octanol–water partition coefficient (Wildman–Crippen LogP) is 6.25. The molecule has 0 saturated heterocycles. The van der Waals surface area contributed by atoms with Crippen molar-refractivity contribution in [3.63, 3.8) is 0 Å². The smallest absolute Gasteiger partial charge is 0.348 e. The Bertz CT molecular complexity index is 999. The summed E-state index contributed by atoms with van der Waals surface area (Å²) in [5, 5.41) is 9.88. The van der Waals surface area contributed by atoms with Gasteiger partial charge in [-0.25, -0.2) is 4.79 Å². The molecule has 1 saturated carbocycles. The fourth-order valence-electron chi connectivity index (χ4n) is 4.01. The lowest BCUT2D eigenvalue weighted by molar-refractivity contribution is -0.122. The molecule has 1 aliphatic carbocycles. The fourth-order valence-corrected chi connectivity index (χ4v) is 4.88. The molecule has 0 spiro atoms. The Morgan fingerprint density at radius 1 is 1.12 bits per heavy atom. The number of hydrogen-bond donors (Lipinski definition) is 1. The van der Waals surface area contributed by atoms with Gasteiger partial charge in [-0.1, -0.05) is 61.9 Å². The second-order valence-electron chi connectivity index (χ2n) is 9.89. The third-order valence-corrected chi connectivity index (χ3v) is 6.87. The molecule has 1 aromatic heterocycles. The van der Waals surface area contributed by atoms with Gasteiger partial charge in [0.05, 0.1) is 17.1 Å². The molecule has 0 bridgehead atoms. The lowest BCUT2D eigenvalue weighted by Crippen LogP contribution is -2.34. The highest BCUT2D eigenvalue weighted by molar-refractivity contribution is 7.15. The number of benzene rings is 1. The molecular weight excluding hydrogens is 418 g/mol. The van der Waals surface area contributed by atoms with E-state index >= 15 is 0 Å². The van der Waals surface area contributed by atoms with E-state index in [9.17, 15) is 14.7 Å². The molecule has 3 rings (SSSR count). The molecule has 32 heavy (non-hydrogen) atoms. The lowest BCUT2D eigenvalue weighted by atomic mass is 9.81. The molecular formula is C27H33NO3S. The number of ketones is 1. The standard InChI is InChI=1S/C27H33NO3S/c1-19-10-12-21(13-11-19)24(29)18-28(17-20-8-6-5-7-9-20)23-16-22(14-15-27(2,3)4)32-25(23)26(30)31/h5-9,16,19,21H,10-13,17-18H2,1-4H3,(H,30,31). The van der Waals surface area contributed by atoms with Crippen LogP contribution in [0.5, 0.6) is 0 Å². The molecule has 1 aliphatic rings. The molecule has 1 fully saturated rings. The molecule has 5 heteroatoms. The zero-order valence-electron chi connectivity index (χ0n) is 19.5. The van der Waals surface area contributed by atoms with E-state index < -0.39 is 5.97 Å². The van der Waals surface area contributed by atoms with Crippen LogP contribution in [-0.2, 0) is 11.3 Å². The van der Waals surface area contributed by atoms with E-state index in [0.29, 0.717) is 23.0 Å². The molecule has 0 radical (unpaired) electrons. The first-order valence-electron chi connectivity index (χ1n) is 11.3. The minimum absolute atomic E-state index is 0.0662. The summed E-state index contributed by atoms with van der Waals surface area (Å²) in [7, 11) is 0. The maximum absolute atomic E-state index is 13.2. The molecule has 2 aromatic rings. The molecule has 0 atom stereocenters. The van der Waals surface area contributed by atoms with Gasteiger partial charge in [-0.2, -0.15) is 0 Å². The van der Waals surface area contributed by atoms with Crippen LogP contribution < -0.4 is 4.90 Å². The van der Waals surface area contributed by atoms with E-state index in [2.05, 4.69) is 18.8 Å². The summed E-state index contributed by atoms with van der Waals surface area (Å²) in [6, 6.07) is 11.7. The van der Waals surface area contributed by atoms with Gasteiger partial charge in [-0.15, -0.1) is 11.3 Å². The van der Waals surface area contributed by atoms with E-state index in [4.69, 9.17) is 0 Å². The summed E-state index contributed by atoms with van der Waals surface area (Å²) < 4.78 is 0. The normalized spacial score (nSPS) is 18.5. The summed E-state index contributed by atoms with van der Waals surface area (Å²) in [5.74, 6) is 6.29. The number of nitrogens with zero attached hydrogens (tertiary/aromatic N) is 1. The number of anilines is 1. The molecule has 0 unspecified atom stereocenters. The van der Waals surface area contributed by atoms with Crippen molar-refractivity contribution in [1.82, 2.24) is 0 Å². The van der Waals surface area contributed by atoms with Crippen molar-refractivity contribution in [2.75, 3.05) is 11.4 Å². The zero-order chi connectivity index (χ0) is 23.3. The Labute approximate surface area is 195 Å². The minimum Gasteiger partial charge on any atom is -0.477 e. The molecule has 4 nitrogen and oxygen atoms in total. The number of rotatable bonds is 7. The molecule has 0 amide bonds.